The van der Waals surface area contributed by atoms with Crippen LogP contribution in [-0.2, 0) is 9.53 Å². The molecule has 0 aromatic heterocycles. The molecule has 0 N–H and O–H groups in total. The molecule has 3 nitrogen and oxygen atoms in total. The Balaban J connectivity index is 1.71. The van der Waals surface area contributed by atoms with E-state index in [2.05, 4.69) is 4.90 Å². The summed E-state index contributed by atoms with van der Waals surface area (Å²) in [5.41, 5.74) is 0. The van der Waals surface area contributed by atoms with Crippen LogP contribution in [0.2, 0.25) is 0 Å². The minimum atomic E-state index is 0.422. The largest absolute Gasteiger partial charge is 0.377 e. The number of carbonyl (C=O) groups is 1. The Kier molecular flexibility index (Phi) is 3.54. The first-order valence-corrected chi connectivity index (χ1v) is 5.70. The van der Waals surface area contributed by atoms with Crippen LogP contribution in [0.3, 0.4) is 0 Å². The van der Waals surface area contributed by atoms with Crippen LogP contribution < -0.4 is 0 Å². The fraction of sp³-hybridized carbons (Fsp3) is 0.909. The van der Waals surface area contributed by atoms with Gasteiger partial charge in [0, 0.05) is 39.1 Å². The summed E-state index contributed by atoms with van der Waals surface area (Å²) in [5.74, 6) is 0.422. The second kappa shape index (κ2) is 4.89. The molecule has 0 amide bonds. The molecule has 0 spiro atoms. The van der Waals surface area contributed by atoms with Gasteiger partial charge in [0.05, 0.1) is 6.10 Å². The molecule has 3 heteroatoms. The molecule has 0 aliphatic carbocycles. The van der Waals surface area contributed by atoms with Gasteiger partial charge in [-0.05, 0) is 19.3 Å². The van der Waals surface area contributed by atoms with Gasteiger partial charge in [-0.1, -0.05) is 0 Å². The van der Waals surface area contributed by atoms with Crippen molar-refractivity contribution in [2.75, 3.05) is 26.2 Å². The van der Waals surface area contributed by atoms with Crippen molar-refractivity contribution in [2.24, 2.45) is 0 Å². The molecule has 0 unspecified atom stereocenters. The monoisotopic (exact) mass is 197 g/mol. The lowest BCUT2D eigenvalue weighted by Gasteiger charge is -2.31. The van der Waals surface area contributed by atoms with E-state index in [-0.39, 0.29) is 0 Å². The summed E-state index contributed by atoms with van der Waals surface area (Å²) in [6.45, 7) is 3.85. The van der Waals surface area contributed by atoms with Crippen LogP contribution in [0.5, 0.6) is 0 Å². The van der Waals surface area contributed by atoms with Gasteiger partial charge in [0.15, 0.2) is 0 Å². The van der Waals surface area contributed by atoms with E-state index < -0.39 is 0 Å². The molecule has 0 bridgehead atoms. The Morgan fingerprint density at radius 2 is 2.07 bits per heavy atom. The summed E-state index contributed by atoms with van der Waals surface area (Å²) in [4.78, 5) is 13.4. The van der Waals surface area contributed by atoms with Gasteiger partial charge in [-0.15, -0.1) is 0 Å². The first-order valence-electron chi connectivity index (χ1n) is 5.70. The number of ether oxygens (including phenoxy) is 1. The molecule has 2 fully saturated rings. The summed E-state index contributed by atoms with van der Waals surface area (Å²) < 4.78 is 5.68. The van der Waals surface area contributed by atoms with Crippen LogP contribution in [-0.4, -0.2) is 43.0 Å². The molecule has 2 saturated heterocycles. The minimum Gasteiger partial charge on any atom is -0.377 e. The zero-order chi connectivity index (χ0) is 9.80. The van der Waals surface area contributed by atoms with Crippen molar-refractivity contribution in [1.82, 2.24) is 4.90 Å². The first kappa shape index (κ1) is 10.1. The van der Waals surface area contributed by atoms with Crippen LogP contribution >= 0.6 is 0 Å². The van der Waals surface area contributed by atoms with E-state index in [9.17, 15) is 4.79 Å². The molecule has 0 aromatic carbocycles. The fourth-order valence-electron chi connectivity index (χ4n) is 2.22. The quantitative estimate of drug-likeness (QED) is 0.666. The third kappa shape index (κ3) is 2.79. The SMILES string of the molecule is O=C1CCN(C[C@@H]2CCCCO2)CC1. The van der Waals surface area contributed by atoms with Gasteiger partial charge in [-0.3, -0.25) is 9.69 Å². The maximum absolute atomic E-state index is 11.0. The average molecular weight is 197 g/mol. The van der Waals surface area contributed by atoms with E-state index in [1.807, 2.05) is 0 Å². The van der Waals surface area contributed by atoms with Crippen LogP contribution in [0.15, 0.2) is 0 Å². The van der Waals surface area contributed by atoms with Crippen molar-refractivity contribution in [3.63, 3.8) is 0 Å². The predicted molar refractivity (Wildman–Crippen MR) is 54.3 cm³/mol. The van der Waals surface area contributed by atoms with E-state index in [4.69, 9.17) is 4.74 Å². The molecular weight excluding hydrogens is 178 g/mol. The Morgan fingerprint density at radius 3 is 2.71 bits per heavy atom. The summed E-state index contributed by atoms with van der Waals surface area (Å²) in [6.07, 6.45) is 5.63. The number of ketones is 1. The predicted octanol–water partition coefficient (Wildman–Crippen LogP) is 1.22. The average Bonchev–Trinajstić information content (AvgIpc) is 2.23. The standard InChI is InChI=1S/C11H19NO2/c13-10-4-6-12(7-5-10)9-11-3-1-2-8-14-11/h11H,1-9H2/t11-/m0/s1. The number of Topliss-reactive ketones (excluding diaryl/α,β-unsaturated/α-hetero) is 1. The van der Waals surface area contributed by atoms with Crippen molar-refractivity contribution in [3.05, 3.63) is 0 Å². The number of carbonyl (C=O) groups excluding carboxylic acids is 1. The van der Waals surface area contributed by atoms with Gasteiger partial charge in [0.1, 0.15) is 5.78 Å². The van der Waals surface area contributed by atoms with Crippen molar-refractivity contribution in [1.29, 1.82) is 0 Å². The van der Waals surface area contributed by atoms with Crippen molar-refractivity contribution >= 4 is 5.78 Å². The summed E-state index contributed by atoms with van der Waals surface area (Å²) in [7, 11) is 0. The fourth-order valence-corrected chi connectivity index (χ4v) is 2.22. The van der Waals surface area contributed by atoms with E-state index in [0.717, 1.165) is 39.1 Å². The lowest BCUT2D eigenvalue weighted by molar-refractivity contribution is -0.122. The lowest BCUT2D eigenvalue weighted by atomic mass is 10.1. The van der Waals surface area contributed by atoms with Gasteiger partial charge in [0.2, 0.25) is 0 Å². The number of hydrogen-bond acceptors (Lipinski definition) is 3. The number of nitrogens with zero attached hydrogens (tertiary/aromatic N) is 1. The second-order valence-electron chi connectivity index (χ2n) is 4.33. The molecule has 80 valence electrons. The normalized spacial score (nSPS) is 30.6. The number of rotatable bonds is 2. The zero-order valence-corrected chi connectivity index (χ0v) is 8.71. The minimum absolute atomic E-state index is 0.422. The van der Waals surface area contributed by atoms with E-state index >= 15 is 0 Å². The Morgan fingerprint density at radius 1 is 1.29 bits per heavy atom. The number of hydrogen-bond donors (Lipinski definition) is 0. The van der Waals surface area contributed by atoms with Crippen LogP contribution in [0, 0.1) is 0 Å². The molecule has 0 radical (unpaired) electrons. The molecule has 2 aliphatic heterocycles. The molecule has 2 aliphatic rings. The smallest absolute Gasteiger partial charge is 0.135 e. The molecule has 0 saturated carbocycles. The third-order valence-electron chi connectivity index (χ3n) is 3.15. The van der Waals surface area contributed by atoms with Gasteiger partial charge < -0.3 is 4.74 Å². The van der Waals surface area contributed by atoms with Crippen molar-refractivity contribution < 1.29 is 9.53 Å². The zero-order valence-electron chi connectivity index (χ0n) is 8.71. The highest BCUT2D eigenvalue weighted by Gasteiger charge is 2.21. The summed E-state index contributed by atoms with van der Waals surface area (Å²) in [5, 5.41) is 0. The van der Waals surface area contributed by atoms with E-state index in [1.165, 1.54) is 19.3 Å². The topological polar surface area (TPSA) is 29.5 Å². The number of piperidine rings is 1. The highest BCUT2D eigenvalue weighted by atomic mass is 16.5. The highest BCUT2D eigenvalue weighted by Crippen LogP contribution is 2.15. The molecule has 1 atom stereocenters. The molecule has 14 heavy (non-hydrogen) atoms. The maximum atomic E-state index is 11.0. The van der Waals surface area contributed by atoms with Gasteiger partial charge in [0.25, 0.3) is 0 Å². The number of likely N-dealkylation sites (tertiary alicyclic amines) is 1. The Hall–Kier alpha value is -0.410. The molecule has 2 rings (SSSR count). The van der Waals surface area contributed by atoms with Crippen molar-refractivity contribution in [2.45, 2.75) is 38.2 Å². The van der Waals surface area contributed by atoms with Crippen LogP contribution in [0.1, 0.15) is 32.1 Å². The first-order chi connectivity index (χ1) is 6.84. The van der Waals surface area contributed by atoms with Crippen molar-refractivity contribution in [3.8, 4) is 0 Å². The second-order valence-corrected chi connectivity index (χ2v) is 4.33. The summed E-state index contributed by atoms with van der Waals surface area (Å²) >= 11 is 0. The lowest BCUT2D eigenvalue weighted by Crippen LogP contribution is -2.40. The van der Waals surface area contributed by atoms with E-state index in [1.54, 1.807) is 0 Å². The van der Waals surface area contributed by atoms with Gasteiger partial charge >= 0.3 is 0 Å². The Labute approximate surface area is 85.4 Å². The third-order valence-corrected chi connectivity index (χ3v) is 3.15. The molecule has 0 aromatic rings. The van der Waals surface area contributed by atoms with Crippen LogP contribution in [0.25, 0.3) is 0 Å². The van der Waals surface area contributed by atoms with Gasteiger partial charge in [-0.2, -0.15) is 0 Å². The highest BCUT2D eigenvalue weighted by molar-refractivity contribution is 5.79. The maximum Gasteiger partial charge on any atom is 0.135 e. The van der Waals surface area contributed by atoms with Gasteiger partial charge in [-0.25, -0.2) is 0 Å². The molecule has 2 heterocycles. The van der Waals surface area contributed by atoms with Crippen LogP contribution in [0.4, 0.5) is 0 Å². The summed E-state index contributed by atoms with van der Waals surface area (Å²) in [6, 6.07) is 0. The molecular formula is C11H19NO2. The Bertz CT molecular complexity index is 189. The van der Waals surface area contributed by atoms with E-state index in [0.29, 0.717) is 11.9 Å².